The summed E-state index contributed by atoms with van der Waals surface area (Å²) in [5, 5.41) is 2.67. The van der Waals surface area contributed by atoms with E-state index in [4.69, 9.17) is 4.74 Å². The van der Waals surface area contributed by atoms with Crippen molar-refractivity contribution in [1.82, 2.24) is 5.32 Å². The highest BCUT2D eigenvalue weighted by molar-refractivity contribution is 8.14. The van der Waals surface area contributed by atoms with Crippen LogP contribution in [0.15, 0.2) is 4.99 Å². The van der Waals surface area contributed by atoms with Crippen molar-refractivity contribution >= 4 is 34.7 Å². The Bertz CT molecular complexity index is 601. The van der Waals surface area contributed by atoms with E-state index in [9.17, 15) is 14.4 Å². The number of amidine groups is 1. The number of nitrogens with one attached hydrogen (secondary N) is 1. The molecular weight excluding hydrogens is 316 g/mol. The van der Waals surface area contributed by atoms with Crippen LogP contribution in [0.2, 0.25) is 0 Å². The smallest absolute Gasteiger partial charge is 0.316 e. The summed E-state index contributed by atoms with van der Waals surface area (Å²) in [6.07, 6.45) is 2.94. The molecule has 3 unspecified atom stereocenters. The van der Waals surface area contributed by atoms with Crippen LogP contribution in [0, 0.1) is 16.7 Å². The molecule has 0 radical (unpaired) electrons. The molecule has 0 spiro atoms. The van der Waals surface area contributed by atoms with Gasteiger partial charge in [-0.3, -0.25) is 14.4 Å². The van der Waals surface area contributed by atoms with Gasteiger partial charge in [-0.1, -0.05) is 32.5 Å². The van der Waals surface area contributed by atoms with Crippen LogP contribution in [0.25, 0.3) is 0 Å². The van der Waals surface area contributed by atoms with Gasteiger partial charge in [-0.25, -0.2) is 0 Å². The zero-order chi connectivity index (χ0) is 16.8. The van der Waals surface area contributed by atoms with Gasteiger partial charge < -0.3 is 10.1 Å². The van der Waals surface area contributed by atoms with E-state index in [0.29, 0.717) is 5.92 Å². The number of esters is 1. The summed E-state index contributed by atoms with van der Waals surface area (Å²) < 4.78 is 5.72. The monoisotopic (exact) mass is 338 g/mol. The minimum atomic E-state index is -0.480. The highest BCUT2D eigenvalue weighted by atomic mass is 32.2. The van der Waals surface area contributed by atoms with Crippen molar-refractivity contribution in [2.75, 3.05) is 5.75 Å². The molecule has 2 amide bonds. The van der Waals surface area contributed by atoms with E-state index >= 15 is 0 Å². The third-order valence-corrected chi connectivity index (χ3v) is 6.95. The minimum Gasteiger partial charge on any atom is -0.461 e. The molecule has 0 aromatic rings. The van der Waals surface area contributed by atoms with E-state index in [1.165, 1.54) is 6.42 Å². The molecule has 0 aromatic heterocycles. The Labute approximate surface area is 139 Å². The molecule has 6 nitrogen and oxygen atoms in total. The molecule has 2 fully saturated rings. The van der Waals surface area contributed by atoms with Gasteiger partial charge in [0, 0.05) is 5.41 Å². The zero-order valence-electron chi connectivity index (χ0n) is 13.7. The minimum absolute atomic E-state index is 0.0323. The fraction of sp³-hybridized carbons (Fsp3) is 0.750. The molecule has 3 rings (SSSR count). The molecule has 23 heavy (non-hydrogen) atoms. The van der Waals surface area contributed by atoms with Gasteiger partial charge in [-0.05, 0) is 30.6 Å². The summed E-state index contributed by atoms with van der Waals surface area (Å²) in [5.74, 6) is -0.531. The maximum Gasteiger partial charge on any atom is 0.316 e. The Hall–Kier alpha value is -1.37. The Morgan fingerprint density at radius 3 is 2.70 bits per heavy atom. The van der Waals surface area contributed by atoms with Crippen LogP contribution in [0.5, 0.6) is 0 Å². The number of hydrogen-bond acceptors (Lipinski definition) is 5. The first kappa shape index (κ1) is 16.5. The molecule has 3 aliphatic rings. The lowest BCUT2D eigenvalue weighted by molar-refractivity contribution is -0.153. The van der Waals surface area contributed by atoms with Gasteiger partial charge in [0.2, 0.25) is 5.91 Å². The highest BCUT2D eigenvalue weighted by Gasteiger charge is 2.62. The van der Waals surface area contributed by atoms with Crippen LogP contribution in [0.4, 0.5) is 0 Å². The fourth-order valence-electron chi connectivity index (χ4n) is 4.18. The molecule has 2 aliphatic carbocycles. The van der Waals surface area contributed by atoms with Crippen molar-refractivity contribution in [3.8, 4) is 0 Å². The quantitative estimate of drug-likeness (QED) is 0.627. The molecular formula is C16H22N2O4S. The van der Waals surface area contributed by atoms with Crippen molar-refractivity contribution in [3.05, 3.63) is 0 Å². The molecule has 1 heterocycles. The maximum atomic E-state index is 12.1. The second-order valence-corrected chi connectivity index (χ2v) is 8.38. The van der Waals surface area contributed by atoms with Crippen LogP contribution in [0.1, 0.15) is 46.5 Å². The first-order valence-corrected chi connectivity index (χ1v) is 8.94. The number of carbonyl (C=O) groups is 3. The predicted molar refractivity (Wildman–Crippen MR) is 86.8 cm³/mol. The number of rotatable bonds is 3. The predicted octanol–water partition coefficient (Wildman–Crippen LogP) is 1.88. The van der Waals surface area contributed by atoms with Gasteiger partial charge in [0.15, 0.2) is 5.17 Å². The zero-order valence-corrected chi connectivity index (χ0v) is 14.5. The third-order valence-electron chi connectivity index (χ3n) is 6.10. The molecule has 7 heteroatoms. The Kier molecular flexibility index (Phi) is 4.02. The van der Waals surface area contributed by atoms with Crippen LogP contribution in [-0.2, 0) is 19.1 Å². The molecule has 0 aromatic carbocycles. The third kappa shape index (κ3) is 2.79. The number of nitrogens with zero attached hydrogens (tertiary/aromatic N) is 1. The molecule has 1 aliphatic heterocycles. The average Bonchev–Trinajstić information content (AvgIpc) is 2.77. The molecule has 3 atom stereocenters. The number of amides is 2. The average molecular weight is 338 g/mol. The van der Waals surface area contributed by atoms with Gasteiger partial charge in [-0.2, -0.15) is 4.99 Å². The maximum absolute atomic E-state index is 12.1. The molecule has 126 valence electrons. The van der Waals surface area contributed by atoms with Crippen LogP contribution < -0.4 is 5.32 Å². The van der Waals surface area contributed by atoms with E-state index < -0.39 is 5.91 Å². The summed E-state index contributed by atoms with van der Waals surface area (Å²) in [7, 11) is 0. The van der Waals surface area contributed by atoms with Crippen LogP contribution >= 0.6 is 11.8 Å². The van der Waals surface area contributed by atoms with Gasteiger partial charge in [0.05, 0.1) is 5.75 Å². The first-order valence-electron chi connectivity index (χ1n) is 7.96. The van der Waals surface area contributed by atoms with Gasteiger partial charge in [0.25, 0.3) is 5.91 Å². The molecule has 2 bridgehead atoms. The van der Waals surface area contributed by atoms with Crippen molar-refractivity contribution in [3.63, 3.8) is 0 Å². The van der Waals surface area contributed by atoms with E-state index in [1.54, 1.807) is 0 Å². The molecule has 1 N–H and O–H groups in total. The van der Waals surface area contributed by atoms with Crippen molar-refractivity contribution in [2.24, 2.45) is 21.7 Å². The normalized spacial score (nSPS) is 35.0. The summed E-state index contributed by atoms with van der Waals surface area (Å²) in [4.78, 5) is 38.3. The van der Waals surface area contributed by atoms with Crippen molar-refractivity contribution in [2.45, 2.75) is 52.6 Å². The summed E-state index contributed by atoms with van der Waals surface area (Å²) in [5.41, 5.74) is 0.226. The fourth-order valence-corrected chi connectivity index (χ4v) is 4.85. The van der Waals surface area contributed by atoms with Gasteiger partial charge in [0.1, 0.15) is 12.5 Å². The lowest BCUT2D eigenvalue weighted by Gasteiger charge is -2.38. The SMILES string of the molecule is CC1(C)C2CCC1(C)C(OC(=O)CSC1=NC(=O)CC(=O)N1)C2. The van der Waals surface area contributed by atoms with E-state index in [1.807, 2.05) is 0 Å². The van der Waals surface area contributed by atoms with Gasteiger partial charge >= 0.3 is 5.97 Å². The summed E-state index contributed by atoms with van der Waals surface area (Å²) in [6.45, 7) is 6.76. The summed E-state index contributed by atoms with van der Waals surface area (Å²) in [6, 6.07) is 0. The number of aliphatic imine (C=N–C) groups is 1. The largest absolute Gasteiger partial charge is 0.461 e. The second kappa shape index (κ2) is 5.61. The van der Waals surface area contributed by atoms with E-state index in [-0.39, 0.29) is 46.2 Å². The second-order valence-electron chi connectivity index (χ2n) is 7.41. The molecule has 2 saturated carbocycles. The number of ether oxygens (including phenoxy) is 1. The Morgan fingerprint density at radius 2 is 2.13 bits per heavy atom. The lowest BCUT2D eigenvalue weighted by atomic mass is 9.70. The summed E-state index contributed by atoms with van der Waals surface area (Å²) >= 11 is 1.04. The first-order chi connectivity index (χ1) is 10.7. The lowest BCUT2D eigenvalue weighted by Crippen LogP contribution is -2.39. The molecule has 0 saturated heterocycles. The van der Waals surface area contributed by atoms with Crippen LogP contribution in [0.3, 0.4) is 0 Å². The van der Waals surface area contributed by atoms with E-state index in [0.717, 1.165) is 24.6 Å². The van der Waals surface area contributed by atoms with Crippen molar-refractivity contribution in [1.29, 1.82) is 0 Å². The number of carbonyl (C=O) groups excluding carboxylic acids is 3. The highest BCUT2D eigenvalue weighted by Crippen LogP contribution is 2.66. The number of thioether (sulfide) groups is 1. The van der Waals surface area contributed by atoms with Gasteiger partial charge in [-0.15, -0.1) is 0 Å². The topological polar surface area (TPSA) is 84.8 Å². The van der Waals surface area contributed by atoms with Crippen LogP contribution in [-0.4, -0.2) is 34.8 Å². The Balaban J connectivity index is 1.55. The standard InChI is InChI=1S/C16H22N2O4S/c1-15(2)9-4-5-16(15,3)10(6-9)22-13(21)8-23-14-17-11(19)7-12(20)18-14/h9-10H,4-8H2,1-3H3,(H,17,18,19,20). The van der Waals surface area contributed by atoms with E-state index in [2.05, 4.69) is 31.1 Å². The van der Waals surface area contributed by atoms with Crippen molar-refractivity contribution < 1.29 is 19.1 Å². The Morgan fingerprint density at radius 1 is 1.39 bits per heavy atom. The number of fused-ring (bicyclic) bond motifs is 2. The number of hydrogen-bond donors (Lipinski definition) is 1.